The van der Waals surface area contributed by atoms with E-state index in [0.29, 0.717) is 0 Å². The topological polar surface area (TPSA) is 26.0 Å². The van der Waals surface area contributed by atoms with Crippen molar-refractivity contribution >= 4 is 0 Å². The van der Waals surface area contributed by atoms with Crippen molar-refractivity contribution < 1.29 is 32.7 Å². The summed E-state index contributed by atoms with van der Waals surface area (Å²) in [5.41, 5.74) is 4.25. The van der Waals surface area contributed by atoms with Gasteiger partial charge in [0.1, 0.15) is 0 Å². The smallest absolute Gasteiger partial charge is 0.486 e. The van der Waals surface area contributed by atoms with Gasteiger partial charge in [-0.25, -0.2) is 0 Å². The van der Waals surface area contributed by atoms with E-state index in [4.69, 9.17) is 0 Å². The molecule has 2 heteroatoms. The van der Waals surface area contributed by atoms with Gasteiger partial charge in [0.05, 0.1) is 0 Å². The molecule has 1 nitrogen and oxygen atoms in total. The van der Waals surface area contributed by atoms with E-state index in [1.54, 1.807) is 0 Å². The van der Waals surface area contributed by atoms with E-state index in [1.165, 1.54) is 32.1 Å². The second kappa shape index (κ2) is 11.8. The fourth-order valence-corrected chi connectivity index (χ4v) is 0.898. The average Bonchev–Trinajstić information content (AvgIpc) is 1.96. The van der Waals surface area contributed by atoms with Crippen LogP contribution in [0.4, 0.5) is 0 Å². The number of nitrogens with two attached hydrogens (primary N) is 1. The largest absolute Gasteiger partial charge is 3.00 e. The van der Waals surface area contributed by atoms with E-state index in [-0.39, 0.29) is 32.7 Å². The summed E-state index contributed by atoms with van der Waals surface area (Å²) in [5, 5.41) is 0. The minimum absolute atomic E-state index is 0. The van der Waals surface area contributed by atoms with Crippen LogP contribution >= 0.6 is 0 Å². The van der Waals surface area contributed by atoms with E-state index in [1.807, 2.05) is 0 Å². The van der Waals surface area contributed by atoms with Gasteiger partial charge < -0.3 is 12.2 Å². The second-order valence-electron chi connectivity index (χ2n) is 1.93. The molecule has 50 valence electrons. The molecule has 0 aromatic rings. The summed E-state index contributed by atoms with van der Waals surface area (Å²) in [6, 6.07) is 0. The van der Waals surface area contributed by atoms with Crippen molar-refractivity contribution in [2.45, 2.75) is 32.1 Å². The Morgan fingerprint density at radius 2 is 1.44 bits per heavy atom. The maximum Gasteiger partial charge on any atom is 3.00 e. The molecule has 0 unspecified atom stereocenters. The molecule has 0 aliphatic heterocycles. The fourth-order valence-electron chi connectivity index (χ4n) is 0.898. The van der Waals surface area contributed by atoms with Crippen molar-refractivity contribution in [2.24, 2.45) is 5.73 Å². The Hall–Kier alpha value is 1.06. The first kappa shape index (κ1) is 12.7. The summed E-state index contributed by atoms with van der Waals surface area (Å²) in [6.45, 7) is 0. The molecule has 1 fully saturated rings. The van der Waals surface area contributed by atoms with Crippen LogP contribution in [0.1, 0.15) is 32.1 Å². The number of hydrogen-bond donors (Lipinski definition) is 1. The normalized spacial score (nSPS) is 16.7. The predicted molar refractivity (Wildman–Crippen MR) is 36.9 cm³/mol. The van der Waals surface area contributed by atoms with Gasteiger partial charge in [-0.3, -0.25) is 7.05 Å². The van der Waals surface area contributed by atoms with Crippen molar-refractivity contribution in [3.8, 4) is 0 Å². The maximum atomic E-state index is 4.25. The summed E-state index contributed by atoms with van der Waals surface area (Å²) >= 11 is 0. The molecule has 1 rings (SSSR count). The molecule has 0 aromatic heterocycles. The van der Waals surface area contributed by atoms with Crippen molar-refractivity contribution in [2.75, 3.05) is 0 Å². The molecule has 1 aliphatic rings. The zero-order valence-corrected chi connectivity index (χ0v) is 8.81. The Bertz CT molecular complexity index is 24.4. The Balaban J connectivity index is 0. The predicted octanol–water partition coefficient (Wildman–Crippen LogP) is 1.89. The molecule has 0 amide bonds. The molecular formula is C7H15NY+. The third-order valence-corrected chi connectivity index (χ3v) is 1.32. The zero-order valence-electron chi connectivity index (χ0n) is 5.97. The average molecular weight is 202 g/mol. The van der Waals surface area contributed by atoms with Crippen LogP contribution in [-0.2, 0) is 32.7 Å². The molecular weight excluding hydrogens is 187 g/mol. The number of rotatable bonds is 0. The molecule has 9 heavy (non-hydrogen) atoms. The Morgan fingerprint density at radius 3 is 1.56 bits per heavy atom. The SMILES string of the molecule is [CH-]1CCCCC1.[CH2-]N.[Y+3]. The molecule has 0 aromatic carbocycles. The van der Waals surface area contributed by atoms with Gasteiger partial charge in [0, 0.05) is 0 Å². The molecule has 0 radical (unpaired) electrons. The first-order chi connectivity index (χ1) is 4.00. The van der Waals surface area contributed by atoms with E-state index in [0.717, 1.165) is 0 Å². The molecule has 0 heterocycles. The third-order valence-electron chi connectivity index (χ3n) is 1.32. The van der Waals surface area contributed by atoms with Gasteiger partial charge >= 0.3 is 32.7 Å². The summed E-state index contributed by atoms with van der Waals surface area (Å²) in [6.07, 6.45) is 9.50. The minimum atomic E-state index is 0. The van der Waals surface area contributed by atoms with Gasteiger partial charge in [-0.2, -0.15) is 12.8 Å². The summed E-state index contributed by atoms with van der Waals surface area (Å²) in [4.78, 5) is 0. The van der Waals surface area contributed by atoms with E-state index in [2.05, 4.69) is 19.2 Å². The Labute approximate surface area is 83.7 Å². The van der Waals surface area contributed by atoms with Crippen LogP contribution in [0.2, 0.25) is 0 Å². The molecule has 1 aliphatic carbocycles. The summed E-state index contributed by atoms with van der Waals surface area (Å²) in [5.74, 6) is 0. The molecule has 0 spiro atoms. The van der Waals surface area contributed by atoms with Gasteiger partial charge in [-0.1, -0.05) is 19.3 Å². The van der Waals surface area contributed by atoms with Crippen molar-refractivity contribution in [1.29, 1.82) is 0 Å². The Kier molecular flexibility index (Phi) is 16.7. The van der Waals surface area contributed by atoms with Crippen LogP contribution in [0.25, 0.3) is 0 Å². The van der Waals surface area contributed by atoms with Gasteiger partial charge in [0.25, 0.3) is 0 Å². The fraction of sp³-hybridized carbons (Fsp3) is 0.714. The van der Waals surface area contributed by atoms with E-state index in [9.17, 15) is 0 Å². The Morgan fingerprint density at radius 1 is 1.00 bits per heavy atom. The van der Waals surface area contributed by atoms with Crippen LogP contribution in [0.5, 0.6) is 0 Å². The first-order valence-corrected chi connectivity index (χ1v) is 3.22. The number of hydrogen-bond acceptors (Lipinski definition) is 1. The minimum Gasteiger partial charge on any atom is -0.486 e. The molecule has 2 N–H and O–H groups in total. The van der Waals surface area contributed by atoms with Crippen molar-refractivity contribution in [3.05, 3.63) is 13.5 Å². The van der Waals surface area contributed by atoms with Gasteiger partial charge in [-0.15, -0.1) is 0 Å². The van der Waals surface area contributed by atoms with Gasteiger partial charge in [0.15, 0.2) is 0 Å². The maximum absolute atomic E-state index is 4.25. The quantitative estimate of drug-likeness (QED) is 0.596. The van der Waals surface area contributed by atoms with Crippen LogP contribution in [-0.4, -0.2) is 0 Å². The van der Waals surface area contributed by atoms with Crippen LogP contribution < -0.4 is 5.73 Å². The van der Waals surface area contributed by atoms with Gasteiger partial charge in [-0.05, 0) is 0 Å². The molecule has 0 bridgehead atoms. The standard InChI is InChI=1S/C6H11.CH4N.Y/c1-2-4-6-5-3-1;1-2;/h1H,2-6H2;1-2H2;/q2*-1;+3. The molecule has 0 saturated heterocycles. The van der Waals surface area contributed by atoms with E-state index >= 15 is 0 Å². The second-order valence-corrected chi connectivity index (χ2v) is 1.93. The van der Waals surface area contributed by atoms with Gasteiger partial charge in [0.2, 0.25) is 0 Å². The van der Waals surface area contributed by atoms with Crippen molar-refractivity contribution in [1.82, 2.24) is 0 Å². The molecule has 1 saturated carbocycles. The van der Waals surface area contributed by atoms with Crippen LogP contribution in [0, 0.1) is 13.5 Å². The summed E-state index contributed by atoms with van der Waals surface area (Å²) < 4.78 is 0. The zero-order chi connectivity index (χ0) is 6.24. The third kappa shape index (κ3) is 9.06. The van der Waals surface area contributed by atoms with E-state index < -0.39 is 0 Å². The van der Waals surface area contributed by atoms with Crippen LogP contribution in [0.3, 0.4) is 0 Å². The molecule has 0 atom stereocenters. The van der Waals surface area contributed by atoms with Crippen LogP contribution in [0.15, 0.2) is 0 Å². The first-order valence-electron chi connectivity index (χ1n) is 3.22. The van der Waals surface area contributed by atoms with Crippen molar-refractivity contribution in [3.63, 3.8) is 0 Å². The monoisotopic (exact) mass is 202 g/mol. The summed E-state index contributed by atoms with van der Waals surface area (Å²) in [7, 11) is 2.75.